The summed E-state index contributed by atoms with van der Waals surface area (Å²) in [7, 11) is 1.61. The summed E-state index contributed by atoms with van der Waals surface area (Å²) in [5.74, 6) is 0.716. The number of aromatic amines is 1. The molecular weight excluding hydrogens is 394 g/mol. The summed E-state index contributed by atoms with van der Waals surface area (Å²) in [5, 5.41) is 0.621. The average Bonchev–Trinajstić information content (AvgIpc) is 2.99. The van der Waals surface area contributed by atoms with Crippen molar-refractivity contribution in [3.63, 3.8) is 0 Å². The van der Waals surface area contributed by atoms with Gasteiger partial charge in [0, 0.05) is 25.2 Å². The van der Waals surface area contributed by atoms with Gasteiger partial charge in [-0.1, -0.05) is 29.8 Å². The molecule has 3 aromatic rings. The van der Waals surface area contributed by atoms with Crippen molar-refractivity contribution in [2.24, 2.45) is 7.05 Å². The Morgan fingerprint density at radius 2 is 1.86 bits per heavy atom. The molecule has 0 spiro atoms. The predicted molar refractivity (Wildman–Crippen MR) is 111 cm³/mol. The highest BCUT2D eigenvalue weighted by atomic mass is 35.5. The number of H-pyrrole nitrogens is 1. The van der Waals surface area contributed by atoms with E-state index in [9.17, 15) is 9.59 Å². The maximum absolute atomic E-state index is 12.7. The van der Waals surface area contributed by atoms with Gasteiger partial charge in [-0.3, -0.25) is 19.2 Å². The van der Waals surface area contributed by atoms with Crippen LogP contribution < -0.4 is 11.2 Å². The third-order valence-corrected chi connectivity index (χ3v) is 5.60. The summed E-state index contributed by atoms with van der Waals surface area (Å²) in [4.78, 5) is 34.1. The Kier molecular flexibility index (Phi) is 5.33. The lowest BCUT2D eigenvalue weighted by atomic mass is 10.2. The first-order valence-electron chi connectivity index (χ1n) is 9.63. The van der Waals surface area contributed by atoms with Crippen molar-refractivity contribution in [2.45, 2.75) is 39.1 Å². The van der Waals surface area contributed by atoms with Gasteiger partial charge in [0.1, 0.15) is 5.82 Å². The van der Waals surface area contributed by atoms with Crippen LogP contribution in [0.2, 0.25) is 5.02 Å². The first-order chi connectivity index (χ1) is 13.8. The largest absolute Gasteiger partial charge is 0.373 e. The molecule has 9 heteroatoms. The van der Waals surface area contributed by atoms with Crippen molar-refractivity contribution in [1.29, 1.82) is 0 Å². The molecule has 1 aliphatic rings. The van der Waals surface area contributed by atoms with Gasteiger partial charge in [0.15, 0.2) is 11.2 Å². The first-order valence-corrected chi connectivity index (χ1v) is 10.0. The molecule has 0 amide bonds. The molecule has 0 unspecified atom stereocenters. The first kappa shape index (κ1) is 19.9. The van der Waals surface area contributed by atoms with Crippen molar-refractivity contribution in [3.05, 3.63) is 61.5 Å². The third-order valence-electron chi connectivity index (χ3n) is 5.23. The van der Waals surface area contributed by atoms with Gasteiger partial charge < -0.3 is 9.30 Å². The SMILES string of the molecule is C[C@H]1CN(Cc2nc3c(c(=O)[nH]c(=O)n3C)n2Cc2ccccc2Cl)C[C@H](C)O1. The van der Waals surface area contributed by atoms with Crippen molar-refractivity contribution >= 4 is 22.8 Å². The summed E-state index contributed by atoms with van der Waals surface area (Å²) in [5.41, 5.74) is 0.695. The fourth-order valence-corrected chi connectivity index (χ4v) is 4.18. The molecule has 154 valence electrons. The number of aromatic nitrogens is 4. The summed E-state index contributed by atoms with van der Waals surface area (Å²) in [6.07, 6.45) is 0.237. The molecule has 2 atom stereocenters. The number of imidazole rings is 1. The minimum Gasteiger partial charge on any atom is -0.373 e. The van der Waals surface area contributed by atoms with E-state index in [1.807, 2.05) is 42.7 Å². The van der Waals surface area contributed by atoms with E-state index in [0.29, 0.717) is 35.1 Å². The molecule has 4 rings (SSSR count). The molecule has 3 heterocycles. The number of hydrogen-bond acceptors (Lipinski definition) is 5. The van der Waals surface area contributed by atoms with Crippen molar-refractivity contribution in [3.8, 4) is 0 Å². The Hall–Kier alpha value is -2.42. The lowest BCUT2D eigenvalue weighted by Crippen LogP contribution is -2.45. The zero-order valence-corrected chi connectivity index (χ0v) is 17.4. The Morgan fingerprint density at radius 3 is 2.55 bits per heavy atom. The molecule has 8 nitrogen and oxygen atoms in total. The highest BCUT2D eigenvalue weighted by Gasteiger charge is 2.25. The Bertz CT molecular complexity index is 1160. The minimum atomic E-state index is -0.481. The normalized spacial score (nSPS) is 20.4. The highest BCUT2D eigenvalue weighted by Crippen LogP contribution is 2.21. The Balaban J connectivity index is 1.83. The molecule has 1 aliphatic heterocycles. The number of ether oxygens (including phenoxy) is 1. The molecule has 2 aromatic heterocycles. The second kappa shape index (κ2) is 7.78. The summed E-state index contributed by atoms with van der Waals surface area (Å²) in [6, 6.07) is 7.52. The van der Waals surface area contributed by atoms with E-state index in [2.05, 4.69) is 14.9 Å². The van der Waals surface area contributed by atoms with Gasteiger partial charge in [0.05, 0.1) is 25.3 Å². The number of morpholine rings is 1. The van der Waals surface area contributed by atoms with Crippen molar-refractivity contribution < 1.29 is 4.74 Å². The lowest BCUT2D eigenvalue weighted by molar-refractivity contribution is -0.0712. The smallest absolute Gasteiger partial charge is 0.329 e. The lowest BCUT2D eigenvalue weighted by Gasteiger charge is -2.35. The zero-order valence-electron chi connectivity index (χ0n) is 16.7. The van der Waals surface area contributed by atoms with E-state index in [1.54, 1.807) is 7.05 Å². The fraction of sp³-hybridized carbons (Fsp3) is 0.450. The second-order valence-electron chi connectivity index (χ2n) is 7.65. The zero-order chi connectivity index (χ0) is 20.7. The van der Waals surface area contributed by atoms with Gasteiger partial charge in [-0.15, -0.1) is 0 Å². The number of hydrogen-bond donors (Lipinski definition) is 1. The van der Waals surface area contributed by atoms with E-state index in [-0.39, 0.29) is 12.2 Å². The topological polar surface area (TPSA) is 85.2 Å². The number of rotatable bonds is 4. The molecular formula is C20H24ClN5O3. The number of halogens is 1. The molecule has 29 heavy (non-hydrogen) atoms. The molecule has 1 N–H and O–H groups in total. The van der Waals surface area contributed by atoms with Crippen LogP contribution in [-0.2, 0) is 24.9 Å². The molecule has 1 aromatic carbocycles. The van der Waals surface area contributed by atoms with Crippen LogP contribution in [0.25, 0.3) is 11.2 Å². The highest BCUT2D eigenvalue weighted by molar-refractivity contribution is 6.31. The molecule has 0 saturated carbocycles. The standard InChI is InChI=1S/C20H24ClN5O3/c1-12-8-25(9-13(2)29-12)11-16-22-18-17(19(27)23-20(28)24(18)3)26(16)10-14-6-4-5-7-15(14)21/h4-7,12-13H,8-11H2,1-3H3,(H,23,27,28)/t12-,13-/m0/s1. The van der Waals surface area contributed by atoms with E-state index in [4.69, 9.17) is 16.3 Å². The van der Waals surface area contributed by atoms with E-state index in [0.717, 1.165) is 18.7 Å². The van der Waals surface area contributed by atoms with Crippen LogP contribution in [0, 0.1) is 0 Å². The maximum Gasteiger partial charge on any atom is 0.329 e. The van der Waals surface area contributed by atoms with Gasteiger partial charge in [0.2, 0.25) is 0 Å². The minimum absolute atomic E-state index is 0.118. The maximum atomic E-state index is 12.7. The summed E-state index contributed by atoms with van der Waals surface area (Å²) in [6.45, 7) is 6.57. The fourth-order valence-electron chi connectivity index (χ4n) is 3.98. The van der Waals surface area contributed by atoms with Gasteiger partial charge in [0.25, 0.3) is 5.56 Å². The number of nitrogens with zero attached hydrogens (tertiary/aromatic N) is 4. The van der Waals surface area contributed by atoms with Gasteiger partial charge >= 0.3 is 5.69 Å². The average molecular weight is 418 g/mol. The van der Waals surface area contributed by atoms with Crippen molar-refractivity contribution in [2.75, 3.05) is 13.1 Å². The monoisotopic (exact) mass is 417 g/mol. The van der Waals surface area contributed by atoms with Crippen LogP contribution in [0.15, 0.2) is 33.9 Å². The van der Waals surface area contributed by atoms with E-state index in [1.165, 1.54) is 4.57 Å². The molecule has 0 radical (unpaired) electrons. The number of benzene rings is 1. The predicted octanol–water partition coefficient (Wildman–Crippen LogP) is 1.73. The Labute approximate surface area is 172 Å². The molecule has 0 bridgehead atoms. The third kappa shape index (κ3) is 3.88. The van der Waals surface area contributed by atoms with Crippen LogP contribution in [0.4, 0.5) is 0 Å². The molecule has 1 fully saturated rings. The van der Waals surface area contributed by atoms with Gasteiger partial charge in [-0.05, 0) is 25.5 Å². The quantitative estimate of drug-likeness (QED) is 0.698. The van der Waals surface area contributed by atoms with Crippen LogP contribution in [0.1, 0.15) is 25.2 Å². The van der Waals surface area contributed by atoms with E-state index >= 15 is 0 Å². The van der Waals surface area contributed by atoms with Gasteiger partial charge in [-0.25, -0.2) is 9.78 Å². The van der Waals surface area contributed by atoms with Crippen LogP contribution in [-0.4, -0.2) is 49.3 Å². The molecule has 0 aliphatic carbocycles. The van der Waals surface area contributed by atoms with Crippen LogP contribution in [0.5, 0.6) is 0 Å². The van der Waals surface area contributed by atoms with Crippen LogP contribution in [0.3, 0.4) is 0 Å². The summed E-state index contributed by atoms with van der Waals surface area (Å²) < 4.78 is 9.05. The summed E-state index contributed by atoms with van der Waals surface area (Å²) >= 11 is 6.37. The Morgan fingerprint density at radius 1 is 1.17 bits per heavy atom. The van der Waals surface area contributed by atoms with Crippen LogP contribution >= 0.6 is 11.6 Å². The number of aryl methyl sites for hydroxylation is 1. The second-order valence-corrected chi connectivity index (χ2v) is 8.05. The number of nitrogens with one attached hydrogen (secondary N) is 1. The van der Waals surface area contributed by atoms with Gasteiger partial charge in [-0.2, -0.15) is 0 Å². The van der Waals surface area contributed by atoms with Crippen molar-refractivity contribution in [1.82, 2.24) is 24.0 Å². The number of fused-ring (bicyclic) bond motifs is 1. The molecule has 1 saturated heterocycles. The van der Waals surface area contributed by atoms with E-state index < -0.39 is 11.2 Å².